The Balaban J connectivity index is 2.14. The van der Waals surface area contributed by atoms with Crippen LogP contribution < -0.4 is 10.9 Å². The van der Waals surface area contributed by atoms with Crippen LogP contribution in [0.2, 0.25) is 5.02 Å². The maximum Gasteiger partial charge on any atom is 0.416 e. The molecule has 6 nitrogen and oxygen atoms in total. The van der Waals surface area contributed by atoms with E-state index < -0.39 is 59.0 Å². The number of alkyl halides is 3. The molecule has 1 amide bonds. The lowest BCUT2D eigenvalue weighted by molar-refractivity contribution is -0.201. The highest BCUT2D eigenvalue weighted by atomic mass is 35.5. The third-order valence-electron chi connectivity index (χ3n) is 4.30. The van der Waals surface area contributed by atoms with Gasteiger partial charge >= 0.3 is 6.18 Å². The van der Waals surface area contributed by atoms with Crippen molar-refractivity contribution in [2.45, 2.75) is 12.3 Å². The Bertz CT molecular complexity index is 1260. The van der Waals surface area contributed by atoms with Gasteiger partial charge in [0, 0.05) is 11.6 Å². The summed E-state index contributed by atoms with van der Waals surface area (Å²) in [4.78, 5) is 25.2. The maximum absolute atomic E-state index is 13.9. The van der Waals surface area contributed by atoms with E-state index in [-0.39, 0.29) is 16.3 Å². The quantitative estimate of drug-likeness (QED) is 0.534. The lowest BCUT2D eigenvalue weighted by Gasteiger charge is -2.15. The monoisotopic (exact) mass is 491 g/mol. The van der Waals surface area contributed by atoms with Crippen molar-refractivity contribution in [3.05, 3.63) is 80.9 Å². The minimum atomic E-state index is -5.03. The number of hydrogen-bond donors (Lipinski definition) is 2. The molecule has 0 fully saturated rings. The van der Waals surface area contributed by atoms with Crippen molar-refractivity contribution in [3.63, 3.8) is 0 Å². The van der Waals surface area contributed by atoms with E-state index in [4.69, 9.17) is 16.7 Å². The van der Waals surface area contributed by atoms with Crippen LogP contribution in [0, 0.1) is 17.5 Å². The van der Waals surface area contributed by atoms with E-state index in [1.54, 1.807) is 5.32 Å². The SMILES string of the molecule is O=C(NC[C@@H](O)C(F)(F)F)c1cc(-c2ccc(Cl)c(F)c2)nn(-c2cc(F)cc(F)c2)c1=O. The zero-order valence-corrected chi connectivity index (χ0v) is 16.9. The van der Waals surface area contributed by atoms with Crippen LogP contribution in [0.3, 0.4) is 0 Å². The van der Waals surface area contributed by atoms with Crippen molar-refractivity contribution >= 4 is 17.5 Å². The standard InChI is InChI=1S/C20H12ClF6N3O3/c21-14-2-1-9(3-15(14)24)16-7-13(18(32)28-8-17(31)20(25,26)27)19(33)30(29-16)12-5-10(22)4-11(23)6-12/h1-7,17,31H,8H2,(H,28,32)/t17-/m1/s1. The molecule has 0 saturated heterocycles. The van der Waals surface area contributed by atoms with E-state index in [9.17, 15) is 35.9 Å². The number of amides is 1. The zero-order chi connectivity index (χ0) is 24.5. The second kappa shape index (κ2) is 9.24. The molecular weight excluding hydrogens is 480 g/mol. The minimum absolute atomic E-state index is 0.00750. The number of hydrogen-bond acceptors (Lipinski definition) is 4. The summed E-state index contributed by atoms with van der Waals surface area (Å²) in [5, 5.41) is 14.5. The molecule has 174 valence electrons. The summed E-state index contributed by atoms with van der Waals surface area (Å²) < 4.78 is 79.2. The smallest absolute Gasteiger partial charge is 0.382 e. The molecule has 3 rings (SSSR count). The number of carbonyl (C=O) groups excluding carboxylic acids is 1. The fourth-order valence-corrected chi connectivity index (χ4v) is 2.81. The van der Waals surface area contributed by atoms with E-state index in [1.807, 2.05) is 0 Å². The number of aliphatic hydroxyl groups excluding tert-OH is 1. The molecule has 1 heterocycles. The maximum atomic E-state index is 13.9. The molecule has 1 atom stereocenters. The van der Waals surface area contributed by atoms with Crippen molar-refractivity contribution < 1.29 is 36.2 Å². The highest BCUT2D eigenvalue weighted by Crippen LogP contribution is 2.24. The molecule has 0 bridgehead atoms. The first-order chi connectivity index (χ1) is 15.4. The third kappa shape index (κ3) is 5.52. The fraction of sp³-hybridized carbons (Fsp3) is 0.150. The average Bonchev–Trinajstić information content (AvgIpc) is 2.72. The van der Waals surface area contributed by atoms with Gasteiger partial charge in [-0.15, -0.1) is 0 Å². The van der Waals surface area contributed by atoms with E-state index in [1.165, 1.54) is 6.07 Å². The molecule has 0 radical (unpaired) electrons. The first-order valence-corrected chi connectivity index (χ1v) is 9.34. The molecule has 13 heteroatoms. The van der Waals surface area contributed by atoms with Gasteiger partial charge in [-0.1, -0.05) is 17.7 Å². The van der Waals surface area contributed by atoms with Crippen molar-refractivity contribution in [2.24, 2.45) is 0 Å². The van der Waals surface area contributed by atoms with Crippen LogP contribution in [-0.2, 0) is 0 Å². The van der Waals surface area contributed by atoms with Gasteiger partial charge in [-0.05, 0) is 30.3 Å². The fourth-order valence-electron chi connectivity index (χ4n) is 2.69. The molecule has 1 aromatic heterocycles. The van der Waals surface area contributed by atoms with Crippen LogP contribution >= 0.6 is 11.6 Å². The van der Waals surface area contributed by atoms with Crippen molar-refractivity contribution in [1.82, 2.24) is 15.1 Å². The average molecular weight is 492 g/mol. The topological polar surface area (TPSA) is 84.2 Å². The Morgan fingerprint density at radius 2 is 1.73 bits per heavy atom. The van der Waals surface area contributed by atoms with Crippen molar-refractivity contribution in [1.29, 1.82) is 0 Å². The van der Waals surface area contributed by atoms with Gasteiger partial charge in [-0.2, -0.15) is 23.0 Å². The van der Waals surface area contributed by atoms with Crippen LogP contribution in [0.15, 0.2) is 47.3 Å². The molecule has 33 heavy (non-hydrogen) atoms. The highest BCUT2D eigenvalue weighted by Gasteiger charge is 2.38. The summed E-state index contributed by atoms with van der Waals surface area (Å²) in [5.41, 5.74) is -2.71. The van der Waals surface area contributed by atoms with Gasteiger partial charge in [0.05, 0.1) is 22.9 Å². The van der Waals surface area contributed by atoms with E-state index in [0.717, 1.165) is 30.3 Å². The largest absolute Gasteiger partial charge is 0.416 e. The van der Waals surface area contributed by atoms with Crippen LogP contribution in [-0.4, -0.2) is 39.6 Å². The zero-order valence-electron chi connectivity index (χ0n) is 16.1. The van der Waals surface area contributed by atoms with Gasteiger partial charge in [0.25, 0.3) is 11.5 Å². The van der Waals surface area contributed by atoms with Crippen molar-refractivity contribution in [3.8, 4) is 16.9 Å². The normalized spacial score (nSPS) is 12.5. The summed E-state index contributed by atoms with van der Waals surface area (Å²) in [7, 11) is 0. The highest BCUT2D eigenvalue weighted by molar-refractivity contribution is 6.30. The molecule has 0 unspecified atom stereocenters. The summed E-state index contributed by atoms with van der Waals surface area (Å²) in [6, 6.07) is 6.12. The number of benzene rings is 2. The lowest BCUT2D eigenvalue weighted by atomic mass is 10.1. The summed E-state index contributed by atoms with van der Waals surface area (Å²) in [5.74, 6) is -4.39. The molecule has 0 spiro atoms. The van der Waals surface area contributed by atoms with Gasteiger partial charge in [-0.25, -0.2) is 13.2 Å². The van der Waals surface area contributed by atoms with Crippen LogP contribution in [0.5, 0.6) is 0 Å². The lowest BCUT2D eigenvalue weighted by Crippen LogP contribution is -2.42. The number of aliphatic hydroxyl groups is 1. The predicted molar refractivity (Wildman–Crippen MR) is 105 cm³/mol. The van der Waals surface area contributed by atoms with E-state index in [2.05, 4.69) is 5.10 Å². The van der Waals surface area contributed by atoms with E-state index in [0.29, 0.717) is 10.7 Å². The van der Waals surface area contributed by atoms with Gasteiger partial charge in [-0.3, -0.25) is 9.59 Å². The Morgan fingerprint density at radius 1 is 1.09 bits per heavy atom. The summed E-state index contributed by atoms with van der Waals surface area (Å²) in [6.45, 7) is -1.27. The van der Waals surface area contributed by atoms with Gasteiger partial charge in [0.1, 0.15) is 23.0 Å². The van der Waals surface area contributed by atoms with Crippen LogP contribution in [0.1, 0.15) is 10.4 Å². The van der Waals surface area contributed by atoms with E-state index >= 15 is 0 Å². The van der Waals surface area contributed by atoms with Crippen molar-refractivity contribution in [2.75, 3.05) is 6.54 Å². The molecule has 2 aromatic carbocycles. The number of nitrogens with one attached hydrogen (secondary N) is 1. The molecule has 0 aliphatic rings. The number of aromatic nitrogens is 2. The molecule has 0 aliphatic heterocycles. The van der Waals surface area contributed by atoms with Crippen LogP contribution in [0.25, 0.3) is 16.9 Å². The van der Waals surface area contributed by atoms with Gasteiger partial charge < -0.3 is 10.4 Å². The second-order valence-corrected chi connectivity index (χ2v) is 7.09. The first-order valence-electron chi connectivity index (χ1n) is 8.96. The Labute approximate surface area is 186 Å². The first kappa shape index (κ1) is 24.3. The van der Waals surface area contributed by atoms with Gasteiger partial charge in [0.2, 0.25) is 0 Å². The number of carbonyl (C=O) groups is 1. The van der Waals surface area contributed by atoms with Gasteiger partial charge in [0.15, 0.2) is 6.10 Å². The molecule has 3 aromatic rings. The van der Waals surface area contributed by atoms with Crippen LogP contribution in [0.4, 0.5) is 26.3 Å². The minimum Gasteiger partial charge on any atom is -0.382 e. The summed E-state index contributed by atoms with van der Waals surface area (Å²) >= 11 is 5.63. The molecular formula is C20H12ClF6N3O3. The molecule has 0 saturated carbocycles. The number of nitrogens with zero attached hydrogens (tertiary/aromatic N) is 2. The Morgan fingerprint density at radius 3 is 2.30 bits per heavy atom. The summed E-state index contributed by atoms with van der Waals surface area (Å²) in [6.07, 6.45) is -7.94. The number of rotatable bonds is 5. The predicted octanol–water partition coefficient (Wildman–Crippen LogP) is 3.62. The molecule has 2 N–H and O–H groups in total. The second-order valence-electron chi connectivity index (χ2n) is 6.68. The molecule has 0 aliphatic carbocycles. The third-order valence-corrected chi connectivity index (χ3v) is 4.60. The number of halogens is 7. The Kier molecular flexibility index (Phi) is 6.79. The Hall–Kier alpha value is -3.38.